The van der Waals surface area contributed by atoms with Gasteiger partial charge in [-0.05, 0) is 31.2 Å². The van der Waals surface area contributed by atoms with Crippen LogP contribution >= 0.6 is 0 Å². The summed E-state index contributed by atoms with van der Waals surface area (Å²) in [6.45, 7) is 6.59. The first-order chi connectivity index (χ1) is 12.0. The summed E-state index contributed by atoms with van der Waals surface area (Å²) in [6, 6.07) is 9.11. The highest BCUT2D eigenvalue weighted by atomic mass is 16.3. The summed E-state index contributed by atoms with van der Waals surface area (Å²) in [5, 5.41) is 13.4. The zero-order chi connectivity index (χ0) is 18.4. The van der Waals surface area contributed by atoms with Gasteiger partial charge >= 0.3 is 0 Å². The molecule has 1 fully saturated rings. The van der Waals surface area contributed by atoms with E-state index in [9.17, 15) is 14.7 Å². The Balaban J connectivity index is 1.99. The van der Waals surface area contributed by atoms with Crippen molar-refractivity contribution in [1.29, 1.82) is 0 Å². The van der Waals surface area contributed by atoms with Gasteiger partial charge < -0.3 is 15.3 Å². The lowest BCUT2D eigenvalue weighted by atomic mass is 9.83. The number of carbonyl (C=O) groups is 2. The van der Waals surface area contributed by atoms with Crippen molar-refractivity contribution in [3.63, 3.8) is 0 Å². The predicted octanol–water partition coefficient (Wildman–Crippen LogP) is 2.51. The summed E-state index contributed by atoms with van der Waals surface area (Å²) in [5.74, 6) is -0.137. The number of hydrogen-bond donors (Lipinski definition) is 2. The Morgan fingerprint density at radius 1 is 1.36 bits per heavy atom. The van der Waals surface area contributed by atoms with E-state index in [0.717, 1.165) is 37.8 Å². The largest absolute Gasteiger partial charge is 0.386 e. The van der Waals surface area contributed by atoms with E-state index >= 15 is 0 Å². The zero-order valence-corrected chi connectivity index (χ0v) is 15.4. The van der Waals surface area contributed by atoms with Crippen LogP contribution in [0.25, 0.3) is 0 Å². The molecule has 0 bridgehead atoms. The second kappa shape index (κ2) is 8.99. The molecule has 1 aliphatic rings. The number of amides is 2. The van der Waals surface area contributed by atoms with Crippen molar-refractivity contribution < 1.29 is 14.7 Å². The van der Waals surface area contributed by atoms with Crippen LogP contribution < -0.4 is 5.32 Å². The van der Waals surface area contributed by atoms with Gasteiger partial charge in [-0.1, -0.05) is 50.6 Å². The van der Waals surface area contributed by atoms with E-state index in [1.807, 2.05) is 49.1 Å². The number of nitrogens with zero attached hydrogens (tertiary/aromatic N) is 1. The van der Waals surface area contributed by atoms with Crippen LogP contribution in [0, 0.1) is 11.8 Å². The van der Waals surface area contributed by atoms with Gasteiger partial charge in [-0.25, -0.2) is 0 Å². The van der Waals surface area contributed by atoms with Crippen LogP contribution in [0.5, 0.6) is 0 Å². The maximum atomic E-state index is 12.7. The Morgan fingerprint density at radius 3 is 2.64 bits per heavy atom. The molecule has 1 aromatic carbocycles. The molecular weight excluding hydrogens is 316 g/mol. The van der Waals surface area contributed by atoms with Crippen LogP contribution in [0.3, 0.4) is 0 Å². The second-order valence-corrected chi connectivity index (χ2v) is 7.07. The van der Waals surface area contributed by atoms with Crippen LogP contribution in [-0.4, -0.2) is 41.0 Å². The van der Waals surface area contributed by atoms with E-state index < -0.39 is 6.10 Å². The van der Waals surface area contributed by atoms with E-state index in [0.29, 0.717) is 0 Å². The molecule has 0 aromatic heterocycles. The molecule has 0 saturated carbocycles. The molecule has 2 amide bonds. The minimum Gasteiger partial charge on any atom is -0.386 e. The maximum Gasteiger partial charge on any atom is 0.223 e. The maximum absolute atomic E-state index is 12.7. The summed E-state index contributed by atoms with van der Waals surface area (Å²) in [5.41, 5.74) is 0.790. The standard InChI is InChI=1S/C20H30N2O3/c1-4-17(18-11-8-12-22(18)13-23)14(2)20(25)21-15(3)19(24)16-9-6-5-7-10-16/h5-7,9-10,13-15,17-19,24H,4,8,11-12H2,1-3H3,(H,21,25). The van der Waals surface area contributed by atoms with Gasteiger partial charge in [0.2, 0.25) is 12.3 Å². The minimum absolute atomic E-state index is 0.0629. The van der Waals surface area contributed by atoms with Gasteiger partial charge in [0.1, 0.15) is 0 Å². The van der Waals surface area contributed by atoms with Gasteiger partial charge in [0.15, 0.2) is 0 Å². The van der Waals surface area contributed by atoms with Crippen molar-refractivity contribution in [3.05, 3.63) is 35.9 Å². The number of aliphatic hydroxyl groups excluding tert-OH is 1. The average molecular weight is 346 g/mol. The van der Waals surface area contributed by atoms with E-state index in [4.69, 9.17) is 0 Å². The van der Waals surface area contributed by atoms with Gasteiger partial charge in [-0.2, -0.15) is 0 Å². The quantitative estimate of drug-likeness (QED) is 0.711. The first kappa shape index (κ1) is 19.4. The van der Waals surface area contributed by atoms with E-state index in [2.05, 4.69) is 12.2 Å². The van der Waals surface area contributed by atoms with E-state index in [1.165, 1.54) is 0 Å². The lowest BCUT2D eigenvalue weighted by molar-refractivity contribution is -0.130. The summed E-state index contributed by atoms with van der Waals surface area (Å²) in [6.07, 6.45) is 2.97. The van der Waals surface area contributed by atoms with Gasteiger partial charge in [-0.15, -0.1) is 0 Å². The normalized spacial score (nSPS) is 22.1. The molecule has 5 unspecified atom stereocenters. The third kappa shape index (κ3) is 4.60. The minimum atomic E-state index is -0.740. The van der Waals surface area contributed by atoms with Gasteiger partial charge in [0, 0.05) is 18.5 Å². The monoisotopic (exact) mass is 346 g/mol. The van der Waals surface area contributed by atoms with Gasteiger partial charge in [-0.3, -0.25) is 9.59 Å². The highest BCUT2D eigenvalue weighted by Gasteiger charge is 2.36. The average Bonchev–Trinajstić information content (AvgIpc) is 3.10. The molecule has 1 saturated heterocycles. The van der Waals surface area contributed by atoms with Crippen molar-refractivity contribution in [3.8, 4) is 0 Å². The third-order valence-electron chi connectivity index (χ3n) is 5.48. The van der Waals surface area contributed by atoms with Gasteiger partial charge in [0.05, 0.1) is 12.1 Å². The van der Waals surface area contributed by atoms with E-state index in [1.54, 1.807) is 0 Å². The molecule has 5 nitrogen and oxygen atoms in total. The molecule has 0 radical (unpaired) electrons. The van der Waals surface area contributed by atoms with Crippen molar-refractivity contribution in [2.45, 2.75) is 58.2 Å². The van der Waals surface area contributed by atoms with Crippen LogP contribution in [0.2, 0.25) is 0 Å². The summed E-state index contributed by atoms with van der Waals surface area (Å²) in [4.78, 5) is 25.8. The first-order valence-electron chi connectivity index (χ1n) is 9.24. The molecule has 0 spiro atoms. The zero-order valence-electron chi connectivity index (χ0n) is 15.4. The highest BCUT2D eigenvalue weighted by molar-refractivity contribution is 5.79. The topological polar surface area (TPSA) is 69.6 Å². The van der Waals surface area contributed by atoms with Crippen molar-refractivity contribution in [2.75, 3.05) is 6.54 Å². The molecule has 1 aromatic rings. The third-order valence-corrected chi connectivity index (χ3v) is 5.48. The Labute approximate surface area is 150 Å². The molecule has 25 heavy (non-hydrogen) atoms. The molecular formula is C20H30N2O3. The Morgan fingerprint density at radius 2 is 2.04 bits per heavy atom. The molecule has 5 atom stereocenters. The van der Waals surface area contributed by atoms with Crippen LogP contribution in [0.1, 0.15) is 51.7 Å². The SMILES string of the molecule is CCC(C(C)C(=O)NC(C)C(O)c1ccccc1)C1CCCN1C=O. The Bertz CT molecular complexity index is 563. The molecule has 0 aliphatic carbocycles. The molecule has 5 heteroatoms. The number of rotatable bonds is 8. The van der Waals surface area contributed by atoms with Gasteiger partial charge in [0.25, 0.3) is 0 Å². The number of aliphatic hydroxyl groups is 1. The lowest BCUT2D eigenvalue weighted by Gasteiger charge is -2.33. The smallest absolute Gasteiger partial charge is 0.223 e. The number of likely N-dealkylation sites (tertiary alicyclic amines) is 1. The fraction of sp³-hybridized carbons (Fsp3) is 0.600. The van der Waals surface area contributed by atoms with E-state index in [-0.39, 0.29) is 29.8 Å². The molecule has 138 valence electrons. The summed E-state index contributed by atoms with van der Waals surface area (Å²) >= 11 is 0. The fourth-order valence-corrected chi connectivity index (χ4v) is 3.93. The van der Waals surface area contributed by atoms with Crippen LogP contribution in [-0.2, 0) is 9.59 Å². The molecule has 2 rings (SSSR count). The molecule has 2 N–H and O–H groups in total. The van der Waals surface area contributed by atoms with Crippen LogP contribution in [0.15, 0.2) is 30.3 Å². The number of benzene rings is 1. The summed E-state index contributed by atoms with van der Waals surface area (Å²) in [7, 11) is 0. The number of hydrogen-bond acceptors (Lipinski definition) is 3. The Hall–Kier alpha value is -1.88. The summed E-state index contributed by atoms with van der Waals surface area (Å²) < 4.78 is 0. The van der Waals surface area contributed by atoms with Crippen molar-refractivity contribution in [1.82, 2.24) is 10.2 Å². The highest BCUT2D eigenvalue weighted by Crippen LogP contribution is 2.30. The lowest BCUT2D eigenvalue weighted by Crippen LogP contribution is -2.46. The molecule has 1 aliphatic heterocycles. The van der Waals surface area contributed by atoms with Crippen LogP contribution in [0.4, 0.5) is 0 Å². The van der Waals surface area contributed by atoms with Crippen molar-refractivity contribution in [2.24, 2.45) is 11.8 Å². The first-order valence-corrected chi connectivity index (χ1v) is 9.24. The Kier molecular flexibility index (Phi) is 7.00. The second-order valence-electron chi connectivity index (χ2n) is 7.07. The number of carbonyl (C=O) groups excluding carboxylic acids is 2. The molecule has 1 heterocycles. The van der Waals surface area contributed by atoms with Crippen molar-refractivity contribution >= 4 is 12.3 Å². The predicted molar refractivity (Wildman–Crippen MR) is 97.7 cm³/mol. The number of nitrogens with one attached hydrogen (secondary N) is 1. The fourth-order valence-electron chi connectivity index (χ4n) is 3.93.